The Balaban J connectivity index is 1.94. The van der Waals surface area contributed by atoms with Crippen LogP contribution in [0, 0.1) is 5.92 Å². The average Bonchev–Trinajstić information content (AvgIpc) is 2.83. The highest BCUT2D eigenvalue weighted by Gasteiger charge is 2.22. The van der Waals surface area contributed by atoms with Gasteiger partial charge >= 0.3 is 0 Å². The molecule has 0 saturated carbocycles. The third-order valence-corrected chi connectivity index (χ3v) is 2.98. The average molecular weight is 237 g/mol. The lowest BCUT2D eigenvalue weighted by molar-refractivity contribution is 0.183. The molecule has 0 bridgehead atoms. The second-order valence-corrected chi connectivity index (χ2v) is 4.23. The van der Waals surface area contributed by atoms with Crippen molar-refractivity contribution in [3.63, 3.8) is 0 Å². The molecule has 5 heteroatoms. The van der Waals surface area contributed by atoms with E-state index in [9.17, 15) is 0 Å². The molecule has 2 heterocycles. The number of hydrogen-bond donors (Lipinski definition) is 1. The zero-order valence-corrected chi connectivity index (χ0v) is 10.3. The van der Waals surface area contributed by atoms with Crippen molar-refractivity contribution in [3.05, 3.63) is 12.4 Å². The summed E-state index contributed by atoms with van der Waals surface area (Å²) in [6.45, 7) is 6.40. The van der Waals surface area contributed by atoms with Gasteiger partial charge in [0.25, 0.3) is 0 Å². The summed E-state index contributed by atoms with van der Waals surface area (Å²) < 4.78 is 10.7. The monoisotopic (exact) mass is 237 g/mol. The molecule has 1 aromatic rings. The third kappa shape index (κ3) is 3.30. The molecule has 1 aromatic heterocycles. The van der Waals surface area contributed by atoms with Crippen LogP contribution in [0.2, 0.25) is 0 Å². The summed E-state index contributed by atoms with van der Waals surface area (Å²) in [5.74, 6) is 1.98. The molecule has 1 fully saturated rings. The van der Waals surface area contributed by atoms with E-state index in [4.69, 9.17) is 9.47 Å². The Bertz CT molecular complexity index is 353. The maximum atomic E-state index is 5.38. The summed E-state index contributed by atoms with van der Waals surface area (Å²) in [4.78, 5) is 8.23. The minimum absolute atomic E-state index is 0.349. The van der Waals surface area contributed by atoms with Crippen LogP contribution in [0.15, 0.2) is 12.4 Å². The molecule has 1 N–H and O–H groups in total. The quantitative estimate of drug-likeness (QED) is 0.845. The molecule has 0 aromatic carbocycles. The molecule has 0 amide bonds. The molecule has 2 atom stereocenters. The largest absolute Gasteiger partial charge is 0.478 e. The van der Waals surface area contributed by atoms with Crippen LogP contribution in [-0.4, -0.2) is 35.8 Å². The molecule has 2 rings (SSSR count). The lowest BCUT2D eigenvalue weighted by Gasteiger charge is -2.19. The first-order valence-electron chi connectivity index (χ1n) is 6.08. The fourth-order valence-electron chi connectivity index (χ4n) is 1.94. The molecular formula is C12H19N3O2. The minimum Gasteiger partial charge on any atom is -0.478 e. The van der Waals surface area contributed by atoms with Gasteiger partial charge in [0.15, 0.2) is 0 Å². The highest BCUT2D eigenvalue weighted by Crippen LogP contribution is 2.20. The van der Waals surface area contributed by atoms with Gasteiger partial charge in [-0.15, -0.1) is 0 Å². The first-order valence-corrected chi connectivity index (χ1v) is 6.08. The van der Waals surface area contributed by atoms with Crippen LogP contribution < -0.4 is 10.1 Å². The number of rotatable bonds is 5. The molecular weight excluding hydrogens is 218 g/mol. The molecule has 0 radical (unpaired) electrons. The standard InChI is InChI=1S/C12H19N3O2/c1-3-17-12-6-11(13-8-14-12)15-9(2)10-4-5-16-7-10/h6,8-10H,3-5,7H2,1-2H3,(H,13,14,15)/t9-,10-/m1/s1. The van der Waals surface area contributed by atoms with Crippen molar-refractivity contribution in [3.8, 4) is 5.88 Å². The van der Waals surface area contributed by atoms with Gasteiger partial charge in [0, 0.05) is 24.6 Å². The van der Waals surface area contributed by atoms with Gasteiger partial charge < -0.3 is 14.8 Å². The number of aromatic nitrogens is 2. The van der Waals surface area contributed by atoms with Gasteiger partial charge in [0.1, 0.15) is 12.1 Å². The van der Waals surface area contributed by atoms with E-state index in [1.807, 2.05) is 13.0 Å². The van der Waals surface area contributed by atoms with E-state index in [2.05, 4.69) is 22.2 Å². The first kappa shape index (κ1) is 12.1. The van der Waals surface area contributed by atoms with E-state index in [0.29, 0.717) is 24.4 Å². The van der Waals surface area contributed by atoms with Crippen molar-refractivity contribution in [2.24, 2.45) is 5.92 Å². The van der Waals surface area contributed by atoms with E-state index in [1.54, 1.807) is 0 Å². The topological polar surface area (TPSA) is 56.3 Å². The zero-order chi connectivity index (χ0) is 12.1. The van der Waals surface area contributed by atoms with Gasteiger partial charge in [-0.05, 0) is 20.3 Å². The van der Waals surface area contributed by atoms with Gasteiger partial charge in [0.2, 0.25) is 5.88 Å². The maximum absolute atomic E-state index is 5.38. The Labute approximate surface area is 102 Å². The van der Waals surface area contributed by atoms with Crippen LogP contribution in [0.4, 0.5) is 5.82 Å². The fourth-order valence-corrected chi connectivity index (χ4v) is 1.94. The van der Waals surface area contributed by atoms with Crippen LogP contribution in [0.5, 0.6) is 5.88 Å². The number of ether oxygens (including phenoxy) is 2. The SMILES string of the molecule is CCOc1cc(N[C@H](C)[C@@H]2CCOC2)ncn1. The van der Waals surface area contributed by atoms with Crippen molar-refractivity contribution in [2.45, 2.75) is 26.3 Å². The predicted octanol–water partition coefficient (Wildman–Crippen LogP) is 1.71. The molecule has 0 aliphatic carbocycles. The molecule has 1 saturated heterocycles. The van der Waals surface area contributed by atoms with E-state index in [1.165, 1.54) is 6.33 Å². The van der Waals surface area contributed by atoms with Crippen molar-refractivity contribution < 1.29 is 9.47 Å². The Morgan fingerprint density at radius 3 is 3.18 bits per heavy atom. The van der Waals surface area contributed by atoms with Gasteiger partial charge in [-0.25, -0.2) is 9.97 Å². The molecule has 1 aliphatic rings. The summed E-state index contributed by atoms with van der Waals surface area (Å²) >= 11 is 0. The first-order chi connectivity index (χ1) is 8.29. The van der Waals surface area contributed by atoms with Gasteiger partial charge in [0.05, 0.1) is 13.2 Å². The second-order valence-electron chi connectivity index (χ2n) is 4.23. The van der Waals surface area contributed by atoms with Crippen molar-refractivity contribution in [1.29, 1.82) is 0 Å². The van der Waals surface area contributed by atoms with Gasteiger partial charge in [-0.1, -0.05) is 0 Å². The van der Waals surface area contributed by atoms with E-state index < -0.39 is 0 Å². The van der Waals surface area contributed by atoms with E-state index in [0.717, 1.165) is 25.5 Å². The Kier molecular flexibility index (Phi) is 4.14. The number of anilines is 1. The van der Waals surface area contributed by atoms with Crippen LogP contribution in [-0.2, 0) is 4.74 Å². The molecule has 0 spiro atoms. The number of hydrogen-bond acceptors (Lipinski definition) is 5. The fraction of sp³-hybridized carbons (Fsp3) is 0.667. The zero-order valence-electron chi connectivity index (χ0n) is 10.3. The van der Waals surface area contributed by atoms with Crippen molar-refractivity contribution >= 4 is 5.82 Å². The Morgan fingerprint density at radius 1 is 1.59 bits per heavy atom. The lowest BCUT2D eigenvalue weighted by atomic mass is 10.0. The van der Waals surface area contributed by atoms with E-state index >= 15 is 0 Å². The summed E-state index contributed by atoms with van der Waals surface area (Å²) in [5, 5.41) is 3.37. The predicted molar refractivity (Wildman–Crippen MR) is 65.2 cm³/mol. The minimum atomic E-state index is 0.349. The maximum Gasteiger partial charge on any atom is 0.218 e. The Hall–Kier alpha value is -1.36. The summed E-state index contributed by atoms with van der Waals surface area (Å²) in [5.41, 5.74) is 0. The smallest absolute Gasteiger partial charge is 0.218 e. The molecule has 0 unspecified atom stereocenters. The Morgan fingerprint density at radius 2 is 2.47 bits per heavy atom. The summed E-state index contributed by atoms with van der Waals surface area (Å²) in [6, 6.07) is 2.18. The number of nitrogens with zero attached hydrogens (tertiary/aromatic N) is 2. The van der Waals surface area contributed by atoms with Gasteiger partial charge in [-0.2, -0.15) is 0 Å². The molecule has 94 valence electrons. The normalized spacial score (nSPS) is 21.2. The molecule has 17 heavy (non-hydrogen) atoms. The van der Waals surface area contributed by atoms with Crippen LogP contribution >= 0.6 is 0 Å². The van der Waals surface area contributed by atoms with Crippen LogP contribution in [0.3, 0.4) is 0 Å². The van der Waals surface area contributed by atoms with Crippen molar-refractivity contribution in [1.82, 2.24) is 9.97 Å². The molecule has 1 aliphatic heterocycles. The van der Waals surface area contributed by atoms with Crippen LogP contribution in [0.1, 0.15) is 20.3 Å². The number of nitrogens with one attached hydrogen (secondary N) is 1. The second kappa shape index (κ2) is 5.82. The third-order valence-electron chi connectivity index (χ3n) is 2.98. The van der Waals surface area contributed by atoms with Crippen LogP contribution in [0.25, 0.3) is 0 Å². The summed E-state index contributed by atoms with van der Waals surface area (Å²) in [7, 11) is 0. The summed E-state index contributed by atoms with van der Waals surface area (Å²) in [6.07, 6.45) is 2.63. The van der Waals surface area contributed by atoms with Crippen molar-refractivity contribution in [2.75, 3.05) is 25.1 Å². The molecule has 5 nitrogen and oxygen atoms in total. The van der Waals surface area contributed by atoms with Gasteiger partial charge in [-0.3, -0.25) is 0 Å². The highest BCUT2D eigenvalue weighted by molar-refractivity contribution is 5.38. The lowest BCUT2D eigenvalue weighted by Crippen LogP contribution is -2.26. The van der Waals surface area contributed by atoms with E-state index in [-0.39, 0.29) is 0 Å². The highest BCUT2D eigenvalue weighted by atomic mass is 16.5.